The summed E-state index contributed by atoms with van der Waals surface area (Å²) in [6.07, 6.45) is -0.691. The predicted octanol–water partition coefficient (Wildman–Crippen LogP) is 6.23. The van der Waals surface area contributed by atoms with Crippen LogP contribution in [0.3, 0.4) is 0 Å². The lowest BCUT2D eigenvalue weighted by molar-refractivity contribution is -0.122. The van der Waals surface area contributed by atoms with Crippen LogP contribution >= 0.6 is 0 Å². The SMILES string of the molecule is CC(C)COC(=O)c1ccc(NC(=O)C(C)Oc2ccc(C(C)(C)c3ccccc3)cc2)cc1. The molecule has 0 aromatic heterocycles. The molecule has 0 aliphatic rings. The van der Waals surface area contributed by atoms with Crippen LogP contribution in [0.4, 0.5) is 5.69 Å². The highest BCUT2D eigenvalue weighted by Crippen LogP contribution is 2.32. The normalized spacial score (nSPS) is 12.2. The minimum Gasteiger partial charge on any atom is -0.481 e. The Kier molecular flexibility index (Phi) is 8.11. The molecule has 0 saturated heterocycles. The monoisotopic (exact) mass is 459 g/mol. The summed E-state index contributed by atoms with van der Waals surface area (Å²) in [7, 11) is 0. The van der Waals surface area contributed by atoms with Crippen molar-refractivity contribution < 1.29 is 19.1 Å². The molecule has 34 heavy (non-hydrogen) atoms. The van der Waals surface area contributed by atoms with Gasteiger partial charge in [0.25, 0.3) is 5.91 Å². The molecule has 1 N–H and O–H groups in total. The maximum absolute atomic E-state index is 12.6. The number of carbonyl (C=O) groups is 2. The summed E-state index contributed by atoms with van der Waals surface area (Å²) >= 11 is 0. The van der Waals surface area contributed by atoms with Crippen LogP contribution in [-0.4, -0.2) is 24.6 Å². The number of nitrogens with one attached hydrogen (secondary N) is 1. The lowest BCUT2D eigenvalue weighted by Crippen LogP contribution is -2.30. The highest BCUT2D eigenvalue weighted by Gasteiger charge is 2.23. The van der Waals surface area contributed by atoms with Gasteiger partial charge in [0.15, 0.2) is 6.10 Å². The Morgan fingerprint density at radius 2 is 1.41 bits per heavy atom. The van der Waals surface area contributed by atoms with Crippen molar-refractivity contribution in [2.24, 2.45) is 5.92 Å². The fraction of sp³-hybridized carbons (Fsp3) is 0.310. The zero-order chi connectivity index (χ0) is 24.7. The molecule has 5 nitrogen and oxygen atoms in total. The molecule has 178 valence electrons. The molecule has 0 heterocycles. The smallest absolute Gasteiger partial charge is 0.338 e. The first kappa shape index (κ1) is 25.0. The van der Waals surface area contributed by atoms with E-state index in [0.717, 1.165) is 5.56 Å². The second kappa shape index (κ2) is 11.0. The second-order valence-corrected chi connectivity index (χ2v) is 9.33. The molecule has 3 rings (SSSR count). The third-order valence-electron chi connectivity index (χ3n) is 5.69. The van der Waals surface area contributed by atoms with Crippen molar-refractivity contribution in [3.63, 3.8) is 0 Å². The standard InChI is InChI=1S/C29H33NO4/c1-20(2)19-33-28(32)22-11-15-25(16-12-22)30-27(31)21(3)34-26-17-13-24(14-18-26)29(4,5)23-9-7-6-8-10-23/h6-18,20-21H,19H2,1-5H3,(H,30,31). The van der Waals surface area contributed by atoms with Crippen molar-refractivity contribution in [2.45, 2.75) is 46.1 Å². The molecule has 3 aromatic rings. The van der Waals surface area contributed by atoms with Crippen LogP contribution in [0.1, 0.15) is 56.1 Å². The molecular weight excluding hydrogens is 426 g/mol. The minimum absolute atomic E-state index is 0.143. The van der Waals surface area contributed by atoms with Gasteiger partial charge < -0.3 is 14.8 Å². The average Bonchev–Trinajstić information content (AvgIpc) is 2.83. The van der Waals surface area contributed by atoms with Crippen molar-refractivity contribution >= 4 is 17.6 Å². The Labute approximate surface area is 202 Å². The number of esters is 1. The summed E-state index contributed by atoms with van der Waals surface area (Å²) < 4.78 is 11.1. The molecular formula is C29H33NO4. The maximum atomic E-state index is 12.6. The van der Waals surface area contributed by atoms with Crippen LogP contribution in [0.5, 0.6) is 5.75 Å². The average molecular weight is 460 g/mol. The molecule has 0 spiro atoms. The largest absolute Gasteiger partial charge is 0.481 e. The van der Waals surface area contributed by atoms with Crippen LogP contribution in [0.25, 0.3) is 0 Å². The van der Waals surface area contributed by atoms with Gasteiger partial charge in [0.1, 0.15) is 5.75 Å². The summed E-state index contributed by atoms with van der Waals surface area (Å²) in [6.45, 7) is 10.4. The highest BCUT2D eigenvalue weighted by atomic mass is 16.5. The maximum Gasteiger partial charge on any atom is 0.338 e. The second-order valence-electron chi connectivity index (χ2n) is 9.33. The van der Waals surface area contributed by atoms with Gasteiger partial charge in [-0.05, 0) is 60.4 Å². The summed E-state index contributed by atoms with van der Waals surface area (Å²) in [5.74, 6) is 0.250. The van der Waals surface area contributed by atoms with Crippen LogP contribution in [-0.2, 0) is 14.9 Å². The number of ether oxygens (including phenoxy) is 2. The van der Waals surface area contributed by atoms with Gasteiger partial charge in [0, 0.05) is 11.1 Å². The van der Waals surface area contributed by atoms with Gasteiger partial charge in [0.2, 0.25) is 0 Å². The molecule has 0 radical (unpaired) electrons. The molecule has 1 amide bonds. The number of benzene rings is 3. The van der Waals surface area contributed by atoms with Gasteiger partial charge in [-0.3, -0.25) is 4.79 Å². The Morgan fingerprint density at radius 3 is 2.00 bits per heavy atom. The molecule has 0 saturated carbocycles. The van der Waals surface area contributed by atoms with E-state index in [1.807, 2.05) is 56.3 Å². The summed E-state index contributed by atoms with van der Waals surface area (Å²) in [5.41, 5.74) is 3.28. The van der Waals surface area contributed by atoms with E-state index in [0.29, 0.717) is 23.6 Å². The molecule has 1 unspecified atom stereocenters. The molecule has 3 aromatic carbocycles. The first-order chi connectivity index (χ1) is 16.2. The summed E-state index contributed by atoms with van der Waals surface area (Å²) in [6, 6.07) is 24.8. The molecule has 0 aliphatic heterocycles. The number of amides is 1. The summed E-state index contributed by atoms with van der Waals surface area (Å²) in [5, 5.41) is 2.82. The lowest BCUT2D eigenvalue weighted by Gasteiger charge is -2.26. The van der Waals surface area contributed by atoms with E-state index in [9.17, 15) is 9.59 Å². The van der Waals surface area contributed by atoms with Crippen molar-refractivity contribution in [2.75, 3.05) is 11.9 Å². The quantitative estimate of drug-likeness (QED) is 0.385. The van der Waals surface area contributed by atoms with Crippen LogP contribution in [0.15, 0.2) is 78.9 Å². The molecule has 0 bridgehead atoms. The predicted molar refractivity (Wildman–Crippen MR) is 135 cm³/mol. The fourth-order valence-corrected chi connectivity index (χ4v) is 3.49. The lowest BCUT2D eigenvalue weighted by atomic mass is 9.78. The highest BCUT2D eigenvalue weighted by molar-refractivity contribution is 5.95. The Hall–Kier alpha value is -3.60. The molecule has 0 aliphatic carbocycles. The molecule has 0 fully saturated rings. The Morgan fingerprint density at radius 1 is 0.824 bits per heavy atom. The van der Waals surface area contributed by atoms with Crippen LogP contribution < -0.4 is 10.1 Å². The first-order valence-corrected chi connectivity index (χ1v) is 11.6. The van der Waals surface area contributed by atoms with Crippen molar-refractivity contribution in [3.05, 3.63) is 95.6 Å². The number of anilines is 1. The Bertz CT molecular complexity index is 1090. The van der Waals surface area contributed by atoms with Crippen molar-refractivity contribution in [1.29, 1.82) is 0 Å². The Balaban J connectivity index is 1.57. The van der Waals surface area contributed by atoms with E-state index in [1.165, 1.54) is 5.56 Å². The third-order valence-corrected chi connectivity index (χ3v) is 5.69. The van der Waals surface area contributed by atoms with Crippen LogP contribution in [0.2, 0.25) is 0 Å². The molecule has 1 atom stereocenters. The molecule has 5 heteroatoms. The third kappa shape index (κ3) is 6.47. The number of hydrogen-bond acceptors (Lipinski definition) is 4. The van der Waals surface area contributed by atoms with E-state index in [1.54, 1.807) is 31.2 Å². The van der Waals surface area contributed by atoms with Gasteiger partial charge in [-0.15, -0.1) is 0 Å². The van der Waals surface area contributed by atoms with Gasteiger partial charge in [-0.2, -0.15) is 0 Å². The van der Waals surface area contributed by atoms with Gasteiger partial charge >= 0.3 is 5.97 Å². The zero-order valence-electron chi connectivity index (χ0n) is 20.5. The van der Waals surface area contributed by atoms with E-state index >= 15 is 0 Å². The van der Waals surface area contributed by atoms with Crippen LogP contribution in [0, 0.1) is 5.92 Å². The van der Waals surface area contributed by atoms with E-state index in [4.69, 9.17) is 9.47 Å². The van der Waals surface area contributed by atoms with E-state index < -0.39 is 6.10 Å². The van der Waals surface area contributed by atoms with Crippen molar-refractivity contribution in [1.82, 2.24) is 0 Å². The zero-order valence-corrected chi connectivity index (χ0v) is 20.5. The first-order valence-electron chi connectivity index (χ1n) is 11.6. The number of rotatable bonds is 9. The summed E-state index contributed by atoms with van der Waals surface area (Å²) in [4.78, 5) is 24.6. The van der Waals surface area contributed by atoms with Gasteiger partial charge in [-0.1, -0.05) is 70.2 Å². The fourth-order valence-electron chi connectivity index (χ4n) is 3.49. The minimum atomic E-state index is -0.691. The number of carbonyl (C=O) groups excluding carboxylic acids is 2. The number of hydrogen-bond donors (Lipinski definition) is 1. The van der Waals surface area contributed by atoms with Gasteiger partial charge in [0.05, 0.1) is 12.2 Å². The van der Waals surface area contributed by atoms with E-state index in [-0.39, 0.29) is 23.2 Å². The van der Waals surface area contributed by atoms with Gasteiger partial charge in [-0.25, -0.2) is 4.79 Å². The van der Waals surface area contributed by atoms with E-state index in [2.05, 4.69) is 31.3 Å². The topological polar surface area (TPSA) is 64.6 Å². The van der Waals surface area contributed by atoms with Crippen molar-refractivity contribution in [3.8, 4) is 5.75 Å².